The quantitative estimate of drug-likeness (QED) is 0.819. The second-order valence-electron chi connectivity index (χ2n) is 5.43. The van der Waals surface area contributed by atoms with Crippen molar-refractivity contribution in [3.63, 3.8) is 0 Å². The van der Waals surface area contributed by atoms with Crippen LogP contribution in [0.15, 0.2) is 29.2 Å². The summed E-state index contributed by atoms with van der Waals surface area (Å²) >= 11 is 4.30. The molecule has 1 aromatic rings. The maximum absolute atomic E-state index is 12.2. The van der Waals surface area contributed by atoms with E-state index in [2.05, 4.69) is 17.9 Å². The number of nitrogens with one attached hydrogen (secondary N) is 1. The number of nitrogens with zero attached hydrogens (tertiary/aromatic N) is 2. The number of carbonyl (C=O) groups is 2. The van der Waals surface area contributed by atoms with Gasteiger partial charge in [0.05, 0.1) is 5.56 Å². The highest BCUT2D eigenvalue weighted by Gasteiger charge is 2.25. The third-order valence-corrected chi connectivity index (χ3v) is 4.02. The molecule has 1 saturated heterocycles. The molecule has 1 heterocycles. The number of piperidine rings is 1. The van der Waals surface area contributed by atoms with Gasteiger partial charge in [-0.25, -0.2) is 4.79 Å². The lowest BCUT2D eigenvalue weighted by Crippen LogP contribution is -2.49. The first-order chi connectivity index (χ1) is 9.99. The summed E-state index contributed by atoms with van der Waals surface area (Å²) in [6, 6.07) is 7.38. The lowest BCUT2D eigenvalue weighted by atomic mass is 10.0. The van der Waals surface area contributed by atoms with E-state index in [1.54, 1.807) is 31.1 Å². The van der Waals surface area contributed by atoms with Crippen molar-refractivity contribution < 1.29 is 9.59 Å². The van der Waals surface area contributed by atoms with E-state index in [0.29, 0.717) is 23.5 Å². The molecule has 114 valence electrons. The molecule has 1 aliphatic heterocycles. The number of hydrogen-bond acceptors (Lipinski definition) is 3. The summed E-state index contributed by atoms with van der Waals surface area (Å²) in [4.78, 5) is 28.1. The molecule has 3 amide bonds. The van der Waals surface area contributed by atoms with E-state index < -0.39 is 0 Å². The van der Waals surface area contributed by atoms with E-state index >= 15 is 0 Å². The van der Waals surface area contributed by atoms with Crippen LogP contribution in [0, 0.1) is 0 Å². The van der Waals surface area contributed by atoms with E-state index in [0.717, 1.165) is 12.8 Å². The van der Waals surface area contributed by atoms with Gasteiger partial charge in [-0.2, -0.15) is 0 Å². The van der Waals surface area contributed by atoms with Gasteiger partial charge in [-0.3, -0.25) is 4.79 Å². The Morgan fingerprint density at radius 3 is 2.43 bits per heavy atom. The summed E-state index contributed by atoms with van der Waals surface area (Å²) in [5, 5.41) is 3.03. The van der Waals surface area contributed by atoms with Gasteiger partial charge in [0, 0.05) is 38.1 Å². The minimum Gasteiger partial charge on any atom is -0.349 e. The molecule has 0 bridgehead atoms. The lowest BCUT2D eigenvalue weighted by Gasteiger charge is -2.34. The van der Waals surface area contributed by atoms with Gasteiger partial charge in [0.1, 0.15) is 0 Å². The molecular formula is C15H21N3O2S. The van der Waals surface area contributed by atoms with Crippen LogP contribution in [0.5, 0.6) is 0 Å². The summed E-state index contributed by atoms with van der Waals surface area (Å²) in [6.45, 7) is 1.34. The number of amides is 3. The van der Waals surface area contributed by atoms with Crippen molar-refractivity contribution >= 4 is 24.6 Å². The summed E-state index contributed by atoms with van der Waals surface area (Å²) in [6.07, 6.45) is 1.56. The third kappa shape index (κ3) is 3.91. The molecule has 1 aromatic carbocycles. The van der Waals surface area contributed by atoms with Crippen molar-refractivity contribution in [2.45, 2.75) is 23.8 Å². The zero-order valence-corrected chi connectivity index (χ0v) is 13.3. The molecule has 0 saturated carbocycles. The zero-order chi connectivity index (χ0) is 15.4. The first kappa shape index (κ1) is 15.7. The number of urea groups is 1. The Balaban J connectivity index is 1.88. The molecule has 6 heteroatoms. The highest BCUT2D eigenvalue weighted by atomic mass is 32.1. The predicted molar refractivity (Wildman–Crippen MR) is 84.8 cm³/mol. The second-order valence-corrected chi connectivity index (χ2v) is 5.91. The van der Waals surface area contributed by atoms with E-state index in [1.807, 2.05) is 17.0 Å². The van der Waals surface area contributed by atoms with Crippen molar-refractivity contribution in [3.8, 4) is 0 Å². The van der Waals surface area contributed by atoms with E-state index in [4.69, 9.17) is 0 Å². The average Bonchev–Trinajstić information content (AvgIpc) is 2.47. The maximum Gasteiger partial charge on any atom is 0.319 e. The minimum absolute atomic E-state index is 0.0282. The molecule has 1 aliphatic rings. The topological polar surface area (TPSA) is 52.7 Å². The van der Waals surface area contributed by atoms with E-state index in [-0.39, 0.29) is 18.0 Å². The Morgan fingerprint density at radius 1 is 1.24 bits per heavy atom. The van der Waals surface area contributed by atoms with Crippen molar-refractivity contribution in [2.24, 2.45) is 0 Å². The van der Waals surface area contributed by atoms with E-state index in [1.165, 1.54) is 0 Å². The van der Waals surface area contributed by atoms with Crippen LogP contribution in [0.25, 0.3) is 0 Å². The number of hydrogen-bond donors (Lipinski definition) is 2. The fraction of sp³-hybridized carbons (Fsp3) is 0.467. The van der Waals surface area contributed by atoms with Crippen LogP contribution in [-0.4, -0.2) is 55.0 Å². The minimum atomic E-state index is -0.0991. The van der Waals surface area contributed by atoms with Crippen molar-refractivity contribution in [2.75, 3.05) is 27.2 Å². The number of rotatable bonds is 2. The van der Waals surface area contributed by atoms with Crippen molar-refractivity contribution in [3.05, 3.63) is 29.8 Å². The first-order valence-corrected chi connectivity index (χ1v) is 7.49. The van der Waals surface area contributed by atoms with Crippen LogP contribution in [0.3, 0.4) is 0 Å². The molecule has 2 rings (SSSR count). The summed E-state index contributed by atoms with van der Waals surface area (Å²) in [7, 11) is 3.50. The Morgan fingerprint density at radius 2 is 1.86 bits per heavy atom. The zero-order valence-electron chi connectivity index (χ0n) is 12.4. The Bertz CT molecular complexity index is 525. The fourth-order valence-electron chi connectivity index (χ4n) is 2.43. The highest BCUT2D eigenvalue weighted by Crippen LogP contribution is 2.15. The molecule has 0 atom stereocenters. The number of benzene rings is 1. The summed E-state index contributed by atoms with van der Waals surface area (Å²) in [5.41, 5.74) is 0.590. The molecule has 0 unspecified atom stereocenters. The average molecular weight is 307 g/mol. The molecular weight excluding hydrogens is 286 g/mol. The third-order valence-electron chi connectivity index (χ3n) is 3.63. The smallest absolute Gasteiger partial charge is 0.319 e. The molecule has 21 heavy (non-hydrogen) atoms. The summed E-state index contributed by atoms with van der Waals surface area (Å²) in [5.74, 6) is -0.0991. The van der Waals surface area contributed by atoms with Gasteiger partial charge < -0.3 is 15.1 Å². The largest absolute Gasteiger partial charge is 0.349 e. The summed E-state index contributed by atoms with van der Waals surface area (Å²) < 4.78 is 0. The molecule has 1 N–H and O–H groups in total. The standard InChI is InChI=1S/C15H21N3O2S/c1-17(2)15(20)18-9-7-11(8-10-18)16-14(19)12-5-3-4-6-13(12)21/h3-6,11,21H,7-10H2,1-2H3,(H,16,19). The second kappa shape index (κ2) is 6.85. The molecule has 5 nitrogen and oxygen atoms in total. The number of likely N-dealkylation sites (tertiary alicyclic amines) is 1. The Hall–Kier alpha value is -1.69. The molecule has 1 fully saturated rings. The van der Waals surface area contributed by atoms with Crippen LogP contribution in [0.1, 0.15) is 23.2 Å². The van der Waals surface area contributed by atoms with E-state index in [9.17, 15) is 9.59 Å². The van der Waals surface area contributed by atoms with Crippen LogP contribution < -0.4 is 5.32 Å². The van der Waals surface area contributed by atoms with Crippen LogP contribution in [0.4, 0.5) is 4.79 Å². The fourth-order valence-corrected chi connectivity index (χ4v) is 2.69. The molecule has 0 aromatic heterocycles. The van der Waals surface area contributed by atoms with Crippen LogP contribution in [0.2, 0.25) is 0 Å². The predicted octanol–water partition coefficient (Wildman–Crippen LogP) is 1.85. The normalized spacial score (nSPS) is 15.7. The highest BCUT2D eigenvalue weighted by molar-refractivity contribution is 7.80. The van der Waals surface area contributed by atoms with Gasteiger partial charge in [-0.1, -0.05) is 12.1 Å². The molecule has 0 spiro atoms. The molecule has 0 radical (unpaired) electrons. The SMILES string of the molecule is CN(C)C(=O)N1CCC(NC(=O)c2ccccc2S)CC1. The monoisotopic (exact) mass is 307 g/mol. The van der Waals surface area contributed by atoms with Crippen molar-refractivity contribution in [1.82, 2.24) is 15.1 Å². The van der Waals surface area contributed by atoms with Gasteiger partial charge in [-0.15, -0.1) is 12.6 Å². The maximum atomic E-state index is 12.2. The Labute approximate surface area is 130 Å². The van der Waals surface area contributed by atoms with Gasteiger partial charge >= 0.3 is 6.03 Å². The Kier molecular flexibility index (Phi) is 5.12. The van der Waals surface area contributed by atoms with Crippen molar-refractivity contribution in [1.29, 1.82) is 0 Å². The van der Waals surface area contributed by atoms with Crippen LogP contribution in [-0.2, 0) is 0 Å². The van der Waals surface area contributed by atoms with Gasteiger partial charge in [0.2, 0.25) is 0 Å². The van der Waals surface area contributed by atoms with Gasteiger partial charge in [0.25, 0.3) is 5.91 Å². The van der Waals surface area contributed by atoms with Gasteiger partial charge in [0.15, 0.2) is 0 Å². The number of thiol groups is 1. The van der Waals surface area contributed by atoms with Crippen LogP contribution >= 0.6 is 12.6 Å². The number of carbonyl (C=O) groups excluding carboxylic acids is 2. The van der Waals surface area contributed by atoms with Gasteiger partial charge in [-0.05, 0) is 25.0 Å². The molecule has 0 aliphatic carbocycles. The lowest BCUT2D eigenvalue weighted by molar-refractivity contribution is 0.0911. The first-order valence-electron chi connectivity index (χ1n) is 7.04.